The maximum absolute atomic E-state index is 3.85. The van der Waals surface area contributed by atoms with Crippen LogP contribution in [0.4, 0.5) is 17.1 Å². The summed E-state index contributed by atoms with van der Waals surface area (Å²) in [6.45, 7) is 8.85. The summed E-state index contributed by atoms with van der Waals surface area (Å²) < 4.78 is 0. The number of hydrogen-bond acceptors (Lipinski definition) is 1. The van der Waals surface area contributed by atoms with Crippen LogP contribution in [0, 0.1) is 27.7 Å². The van der Waals surface area contributed by atoms with E-state index in [1.54, 1.807) is 0 Å². The SMILES string of the molecule is Cc1cc(C)c(-c2ccc(N(c3cc(-c4ccccc4)cc(-c4ccccc4)c3)c3ccc(C)c(-c4cccc5c4[nH]c4ccc6ccccc6c45)c3)cc2)c(C)c1. The standard InChI is InChI=1S/C56H44N2/c1-36-30-38(3)54(39(4)31-36)43-23-27-46(28-24-43)58(48-33-44(40-14-7-5-8-15-40)32-45(34-48)41-16-9-6-10-17-41)47-26-22-37(2)52(35-47)50-20-13-21-51-55-49-19-12-11-18-42(49)25-29-53(55)57-56(50)51/h5-35,57H,1-4H3. The minimum absolute atomic E-state index is 1.10. The number of aryl methyl sites for hydroxylation is 4. The first-order valence-corrected chi connectivity index (χ1v) is 20.2. The quantitative estimate of drug-likeness (QED) is 0.172. The number of H-pyrrole nitrogens is 1. The van der Waals surface area contributed by atoms with E-state index in [4.69, 9.17) is 0 Å². The first-order chi connectivity index (χ1) is 28.4. The highest BCUT2D eigenvalue weighted by Crippen LogP contribution is 2.44. The number of rotatable bonds is 7. The molecule has 0 aliphatic carbocycles. The zero-order valence-corrected chi connectivity index (χ0v) is 33.3. The average Bonchev–Trinajstić information content (AvgIpc) is 3.65. The minimum atomic E-state index is 1.10. The lowest BCUT2D eigenvalue weighted by molar-refractivity contribution is 1.27. The van der Waals surface area contributed by atoms with E-state index in [1.807, 2.05) is 0 Å². The first-order valence-electron chi connectivity index (χ1n) is 20.2. The zero-order chi connectivity index (χ0) is 39.3. The normalized spacial score (nSPS) is 11.4. The van der Waals surface area contributed by atoms with Crippen molar-refractivity contribution < 1.29 is 0 Å². The van der Waals surface area contributed by atoms with Crippen LogP contribution in [0.3, 0.4) is 0 Å². The third-order valence-electron chi connectivity index (χ3n) is 11.8. The number of fused-ring (bicyclic) bond motifs is 5. The number of nitrogens with one attached hydrogen (secondary N) is 1. The Morgan fingerprint density at radius 2 is 1.00 bits per heavy atom. The van der Waals surface area contributed by atoms with Gasteiger partial charge >= 0.3 is 0 Å². The summed E-state index contributed by atoms with van der Waals surface area (Å²) in [6, 6.07) is 69.0. The molecule has 0 aliphatic rings. The Morgan fingerprint density at radius 3 is 1.69 bits per heavy atom. The van der Waals surface area contributed by atoms with E-state index in [9.17, 15) is 0 Å². The highest BCUT2D eigenvalue weighted by atomic mass is 15.1. The van der Waals surface area contributed by atoms with Crippen LogP contribution in [0.15, 0.2) is 188 Å². The highest BCUT2D eigenvalue weighted by Gasteiger charge is 2.20. The number of para-hydroxylation sites is 1. The smallest absolute Gasteiger partial charge is 0.0544 e. The Balaban J connectivity index is 1.19. The predicted molar refractivity (Wildman–Crippen MR) is 249 cm³/mol. The van der Waals surface area contributed by atoms with Gasteiger partial charge in [0.2, 0.25) is 0 Å². The second-order valence-corrected chi connectivity index (χ2v) is 15.7. The molecule has 0 radical (unpaired) electrons. The van der Waals surface area contributed by atoms with Crippen molar-refractivity contribution in [3.05, 3.63) is 210 Å². The first kappa shape index (κ1) is 35.3. The zero-order valence-electron chi connectivity index (χ0n) is 33.3. The van der Waals surface area contributed by atoms with Gasteiger partial charge in [0.15, 0.2) is 0 Å². The molecule has 2 heteroatoms. The van der Waals surface area contributed by atoms with Gasteiger partial charge in [-0.05, 0) is 143 Å². The lowest BCUT2D eigenvalue weighted by Crippen LogP contribution is -2.11. The molecule has 0 atom stereocenters. The molecule has 0 unspecified atom stereocenters. The number of nitrogens with zero attached hydrogens (tertiary/aromatic N) is 1. The molecule has 1 N–H and O–H groups in total. The molecule has 1 heterocycles. The minimum Gasteiger partial charge on any atom is -0.354 e. The van der Waals surface area contributed by atoms with Crippen LogP contribution in [-0.4, -0.2) is 4.98 Å². The molecule has 0 fully saturated rings. The van der Waals surface area contributed by atoms with Gasteiger partial charge in [-0.15, -0.1) is 0 Å². The van der Waals surface area contributed by atoms with Gasteiger partial charge in [0, 0.05) is 38.9 Å². The summed E-state index contributed by atoms with van der Waals surface area (Å²) >= 11 is 0. The van der Waals surface area contributed by atoms with Crippen molar-refractivity contribution in [2.45, 2.75) is 27.7 Å². The summed E-state index contributed by atoms with van der Waals surface area (Å²) in [4.78, 5) is 6.28. The Bertz CT molecular complexity index is 3050. The summed E-state index contributed by atoms with van der Waals surface area (Å²) in [6.07, 6.45) is 0. The molecular weight excluding hydrogens is 701 g/mol. The van der Waals surface area contributed by atoms with Gasteiger partial charge in [-0.2, -0.15) is 0 Å². The Hall–Kier alpha value is -7.16. The van der Waals surface area contributed by atoms with Crippen LogP contribution in [0.2, 0.25) is 0 Å². The van der Waals surface area contributed by atoms with Crippen molar-refractivity contribution in [1.82, 2.24) is 4.98 Å². The van der Waals surface area contributed by atoms with Gasteiger partial charge in [0.05, 0.1) is 5.52 Å². The largest absolute Gasteiger partial charge is 0.354 e. The number of aromatic nitrogens is 1. The lowest BCUT2D eigenvalue weighted by atomic mass is 9.93. The van der Waals surface area contributed by atoms with Crippen molar-refractivity contribution in [2.75, 3.05) is 4.90 Å². The fourth-order valence-corrected chi connectivity index (χ4v) is 9.15. The molecule has 0 spiro atoms. The summed E-state index contributed by atoms with van der Waals surface area (Å²) in [5.41, 5.74) is 20.4. The Kier molecular flexibility index (Phi) is 8.76. The van der Waals surface area contributed by atoms with Crippen LogP contribution in [0.25, 0.3) is 77.1 Å². The van der Waals surface area contributed by atoms with Crippen LogP contribution in [0.1, 0.15) is 22.3 Å². The van der Waals surface area contributed by atoms with Gasteiger partial charge in [0.1, 0.15) is 0 Å². The van der Waals surface area contributed by atoms with Crippen LogP contribution < -0.4 is 4.90 Å². The van der Waals surface area contributed by atoms with Gasteiger partial charge in [-0.1, -0.05) is 145 Å². The van der Waals surface area contributed by atoms with Gasteiger partial charge in [-0.25, -0.2) is 0 Å². The maximum Gasteiger partial charge on any atom is 0.0544 e. The lowest BCUT2D eigenvalue weighted by Gasteiger charge is -2.28. The molecule has 278 valence electrons. The topological polar surface area (TPSA) is 19.0 Å². The molecule has 0 bridgehead atoms. The van der Waals surface area contributed by atoms with Gasteiger partial charge in [-0.3, -0.25) is 0 Å². The molecule has 1 aromatic heterocycles. The Morgan fingerprint density at radius 1 is 0.379 bits per heavy atom. The van der Waals surface area contributed by atoms with E-state index < -0.39 is 0 Å². The van der Waals surface area contributed by atoms with E-state index in [0.717, 1.165) is 28.1 Å². The Labute approximate surface area is 340 Å². The molecule has 2 nitrogen and oxygen atoms in total. The summed E-state index contributed by atoms with van der Waals surface area (Å²) in [5, 5.41) is 5.04. The third-order valence-corrected chi connectivity index (χ3v) is 11.8. The fourth-order valence-electron chi connectivity index (χ4n) is 9.15. The molecule has 58 heavy (non-hydrogen) atoms. The van der Waals surface area contributed by atoms with Gasteiger partial charge < -0.3 is 9.88 Å². The molecule has 0 saturated carbocycles. The molecular formula is C56H44N2. The molecule has 0 saturated heterocycles. The van der Waals surface area contributed by atoms with Crippen molar-refractivity contribution >= 4 is 49.6 Å². The maximum atomic E-state index is 3.85. The van der Waals surface area contributed by atoms with E-state index in [-0.39, 0.29) is 0 Å². The second kappa shape index (κ2) is 14.4. The summed E-state index contributed by atoms with van der Waals surface area (Å²) in [7, 11) is 0. The molecule has 10 aromatic rings. The molecule has 0 aliphatic heterocycles. The number of anilines is 3. The van der Waals surface area contributed by atoms with E-state index >= 15 is 0 Å². The van der Waals surface area contributed by atoms with Crippen LogP contribution in [-0.2, 0) is 0 Å². The van der Waals surface area contributed by atoms with E-state index in [2.05, 4.69) is 226 Å². The van der Waals surface area contributed by atoms with Crippen LogP contribution in [0.5, 0.6) is 0 Å². The monoisotopic (exact) mass is 744 g/mol. The number of hydrogen-bond donors (Lipinski definition) is 1. The predicted octanol–water partition coefficient (Wildman–Crippen LogP) is 15.8. The second-order valence-electron chi connectivity index (χ2n) is 15.7. The van der Waals surface area contributed by atoms with E-state index in [0.29, 0.717) is 0 Å². The third kappa shape index (κ3) is 6.24. The molecule has 9 aromatic carbocycles. The fraction of sp³-hybridized carbons (Fsp3) is 0.0714. The average molecular weight is 745 g/mol. The number of aromatic amines is 1. The van der Waals surface area contributed by atoms with Crippen LogP contribution >= 0.6 is 0 Å². The van der Waals surface area contributed by atoms with Crippen molar-refractivity contribution in [2.24, 2.45) is 0 Å². The number of benzene rings is 9. The van der Waals surface area contributed by atoms with Crippen molar-refractivity contribution in [3.8, 4) is 44.5 Å². The van der Waals surface area contributed by atoms with Gasteiger partial charge in [0.25, 0.3) is 0 Å². The molecule has 0 amide bonds. The van der Waals surface area contributed by atoms with E-state index in [1.165, 1.54) is 88.3 Å². The van der Waals surface area contributed by atoms with Crippen molar-refractivity contribution in [1.29, 1.82) is 0 Å². The highest BCUT2D eigenvalue weighted by molar-refractivity contribution is 6.22. The summed E-state index contributed by atoms with van der Waals surface area (Å²) in [5.74, 6) is 0. The van der Waals surface area contributed by atoms with Crippen molar-refractivity contribution in [3.63, 3.8) is 0 Å². The molecule has 10 rings (SSSR count).